The van der Waals surface area contributed by atoms with E-state index < -0.39 is 17.7 Å². The zero-order valence-corrected chi connectivity index (χ0v) is 23.2. The van der Waals surface area contributed by atoms with Crippen molar-refractivity contribution in [2.75, 3.05) is 39.4 Å². The summed E-state index contributed by atoms with van der Waals surface area (Å²) in [7, 11) is 0. The van der Waals surface area contributed by atoms with Crippen molar-refractivity contribution in [3.8, 4) is 11.5 Å². The van der Waals surface area contributed by atoms with Gasteiger partial charge in [-0.15, -0.1) is 0 Å². The highest BCUT2D eigenvalue weighted by atomic mass is 16.5. The number of aliphatic hydroxyl groups excluding tert-OH is 1. The lowest BCUT2D eigenvalue weighted by atomic mass is 9.94. The molecule has 1 N–H and O–H groups in total. The van der Waals surface area contributed by atoms with Crippen LogP contribution in [0.25, 0.3) is 5.76 Å². The molecule has 0 aliphatic carbocycles. The molecule has 1 saturated heterocycles. The number of likely N-dealkylation sites (tertiary alicyclic amines) is 1. The average Bonchev–Trinajstić information content (AvgIpc) is 3.16. The molecule has 1 atom stereocenters. The van der Waals surface area contributed by atoms with E-state index in [0.717, 1.165) is 30.0 Å². The molecule has 0 aromatic heterocycles. The topological polar surface area (TPSA) is 79.3 Å². The number of benzene rings is 2. The van der Waals surface area contributed by atoms with Crippen LogP contribution in [-0.2, 0) is 9.59 Å². The summed E-state index contributed by atoms with van der Waals surface area (Å²) >= 11 is 0. The van der Waals surface area contributed by atoms with E-state index in [-0.39, 0.29) is 11.3 Å². The first kappa shape index (κ1) is 29.0. The fraction of sp³-hybridized carbons (Fsp3) is 0.419. The van der Waals surface area contributed by atoms with Gasteiger partial charge in [0.2, 0.25) is 0 Å². The van der Waals surface area contributed by atoms with Crippen LogP contribution in [0.15, 0.2) is 60.7 Å². The summed E-state index contributed by atoms with van der Waals surface area (Å²) in [4.78, 5) is 30.4. The van der Waals surface area contributed by atoms with E-state index in [1.165, 1.54) is 0 Å². The number of carbonyl (C=O) groups is 2. The maximum atomic E-state index is 13.4. The first-order valence-corrected chi connectivity index (χ1v) is 13.3. The number of nitrogens with zero attached hydrogens (tertiary/aromatic N) is 2. The first-order chi connectivity index (χ1) is 18.2. The highest BCUT2D eigenvalue weighted by molar-refractivity contribution is 6.46. The molecule has 0 saturated carbocycles. The van der Waals surface area contributed by atoms with Crippen molar-refractivity contribution in [3.05, 3.63) is 77.4 Å². The Balaban J connectivity index is 2.04. The standard InChI is InChI=1S/C31H40N2O5/c1-7-18-37-25-13-10-23(11-14-25)28-27(30(35)31(36)33(28)17-16-32(8-2)9-3)29(34)24-12-15-26(22(6)19-24)38-20-21(4)5/h7,10-15,19,21,28,34H,1,8-9,16-18,20H2,2-6H3/b29-27+. The average molecular weight is 521 g/mol. The molecule has 0 bridgehead atoms. The molecule has 7 nitrogen and oxygen atoms in total. The number of hydrogen-bond donors (Lipinski definition) is 1. The van der Waals surface area contributed by atoms with Gasteiger partial charge in [0.25, 0.3) is 11.7 Å². The maximum absolute atomic E-state index is 13.4. The second kappa shape index (κ2) is 13.3. The fourth-order valence-corrected chi connectivity index (χ4v) is 4.52. The van der Waals surface area contributed by atoms with Crippen molar-refractivity contribution >= 4 is 17.4 Å². The van der Waals surface area contributed by atoms with Crippen LogP contribution in [0.1, 0.15) is 50.4 Å². The Kier molecular flexibility index (Phi) is 10.1. The molecule has 1 unspecified atom stereocenters. The molecule has 38 heavy (non-hydrogen) atoms. The SMILES string of the molecule is C=CCOc1ccc(C2/C(=C(\O)c3ccc(OCC(C)C)c(C)c3)C(=O)C(=O)N2CCN(CC)CC)cc1. The number of carbonyl (C=O) groups excluding carboxylic acids is 2. The van der Waals surface area contributed by atoms with Gasteiger partial charge in [0, 0.05) is 18.7 Å². The largest absolute Gasteiger partial charge is 0.507 e. The third-order valence-corrected chi connectivity index (χ3v) is 6.68. The Morgan fingerprint density at radius 2 is 1.79 bits per heavy atom. The van der Waals surface area contributed by atoms with Crippen LogP contribution in [0.5, 0.6) is 11.5 Å². The second-order valence-corrected chi connectivity index (χ2v) is 9.87. The Morgan fingerprint density at radius 1 is 1.11 bits per heavy atom. The van der Waals surface area contributed by atoms with Gasteiger partial charge in [-0.2, -0.15) is 0 Å². The molecule has 0 spiro atoms. The summed E-state index contributed by atoms with van der Waals surface area (Å²) in [5.41, 5.74) is 2.12. The van der Waals surface area contributed by atoms with Crippen LogP contribution in [0, 0.1) is 12.8 Å². The lowest BCUT2D eigenvalue weighted by Crippen LogP contribution is -2.38. The monoisotopic (exact) mass is 520 g/mol. The van der Waals surface area contributed by atoms with E-state index >= 15 is 0 Å². The smallest absolute Gasteiger partial charge is 0.295 e. The zero-order valence-electron chi connectivity index (χ0n) is 23.2. The van der Waals surface area contributed by atoms with Crippen LogP contribution in [-0.4, -0.2) is 66.0 Å². The van der Waals surface area contributed by atoms with Crippen molar-refractivity contribution in [2.45, 2.75) is 40.7 Å². The Morgan fingerprint density at radius 3 is 2.37 bits per heavy atom. The molecule has 2 aromatic rings. The van der Waals surface area contributed by atoms with Gasteiger partial charge >= 0.3 is 0 Å². The van der Waals surface area contributed by atoms with Crippen molar-refractivity contribution in [1.29, 1.82) is 0 Å². The number of aliphatic hydroxyl groups is 1. The van der Waals surface area contributed by atoms with E-state index in [1.807, 2.05) is 19.1 Å². The van der Waals surface area contributed by atoms with Crippen molar-refractivity contribution < 1.29 is 24.2 Å². The summed E-state index contributed by atoms with van der Waals surface area (Å²) in [6.07, 6.45) is 1.66. The van der Waals surface area contributed by atoms with Crippen LogP contribution < -0.4 is 9.47 Å². The minimum absolute atomic E-state index is 0.0876. The van der Waals surface area contributed by atoms with E-state index in [1.54, 1.807) is 41.3 Å². The van der Waals surface area contributed by atoms with Crippen LogP contribution in [0.4, 0.5) is 0 Å². The second-order valence-electron chi connectivity index (χ2n) is 9.87. The lowest BCUT2D eigenvalue weighted by molar-refractivity contribution is -0.140. The summed E-state index contributed by atoms with van der Waals surface area (Å²) < 4.78 is 11.5. The lowest BCUT2D eigenvalue weighted by Gasteiger charge is -2.28. The highest BCUT2D eigenvalue weighted by Gasteiger charge is 2.46. The summed E-state index contributed by atoms with van der Waals surface area (Å²) in [6.45, 7) is 17.5. The van der Waals surface area contributed by atoms with Gasteiger partial charge < -0.3 is 24.4 Å². The van der Waals surface area contributed by atoms with Crippen molar-refractivity contribution in [3.63, 3.8) is 0 Å². The van der Waals surface area contributed by atoms with E-state index in [9.17, 15) is 14.7 Å². The van der Waals surface area contributed by atoms with Crippen LogP contribution in [0.2, 0.25) is 0 Å². The van der Waals surface area contributed by atoms with Gasteiger partial charge in [-0.1, -0.05) is 52.5 Å². The molecule has 1 fully saturated rings. The molecule has 2 aromatic carbocycles. The summed E-state index contributed by atoms with van der Waals surface area (Å²) in [5, 5.41) is 11.4. The molecule has 204 valence electrons. The third kappa shape index (κ3) is 6.64. The van der Waals surface area contributed by atoms with Gasteiger partial charge in [-0.3, -0.25) is 9.59 Å². The molecule has 0 radical (unpaired) electrons. The molecular weight excluding hydrogens is 480 g/mol. The Hall–Kier alpha value is -3.58. The predicted molar refractivity (Wildman–Crippen MR) is 150 cm³/mol. The maximum Gasteiger partial charge on any atom is 0.295 e. The molecule has 1 aliphatic heterocycles. The molecule has 1 amide bonds. The fourth-order valence-electron chi connectivity index (χ4n) is 4.52. The molecule has 7 heteroatoms. The highest BCUT2D eigenvalue weighted by Crippen LogP contribution is 2.40. The van der Waals surface area contributed by atoms with Crippen molar-refractivity contribution in [1.82, 2.24) is 9.80 Å². The number of Topliss-reactive ketones (excluding diaryl/α,β-unsaturated/α-hetero) is 1. The minimum Gasteiger partial charge on any atom is -0.507 e. The first-order valence-electron chi connectivity index (χ1n) is 13.3. The number of ether oxygens (including phenoxy) is 2. The van der Waals surface area contributed by atoms with Gasteiger partial charge in [-0.25, -0.2) is 0 Å². The Bertz CT molecular complexity index is 1170. The van der Waals surface area contributed by atoms with Gasteiger partial charge in [0.1, 0.15) is 23.9 Å². The van der Waals surface area contributed by atoms with Gasteiger partial charge in [0.15, 0.2) is 0 Å². The number of amides is 1. The van der Waals surface area contributed by atoms with E-state index in [0.29, 0.717) is 43.5 Å². The predicted octanol–water partition coefficient (Wildman–Crippen LogP) is 5.36. The minimum atomic E-state index is -0.712. The Labute approximate surface area is 226 Å². The number of aryl methyl sites for hydroxylation is 1. The zero-order chi connectivity index (χ0) is 27.8. The van der Waals surface area contributed by atoms with Crippen LogP contribution >= 0.6 is 0 Å². The summed E-state index contributed by atoms with van der Waals surface area (Å²) in [6, 6.07) is 11.9. The quantitative estimate of drug-likeness (QED) is 0.166. The number of ketones is 1. The number of rotatable bonds is 13. The normalized spacial score (nSPS) is 16.9. The van der Waals surface area contributed by atoms with Gasteiger partial charge in [-0.05, 0) is 67.4 Å². The third-order valence-electron chi connectivity index (χ3n) is 6.68. The van der Waals surface area contributed by atoms with Crippen LogP contribution in [0.3, 0.4) is 0 Å². The van der Waals surface area contributed by atoms with E-state index in [4.69, 9.17) is 9.47 Å². The number of likely N-dealkylation sites (N-methyl/N-ethyl adjacent to an activating group) is 1. The number of hydrogen-bond acceptors (Lipinski definition) is 6. The molecule has 1 aliphatic rings. The van der Waals surface area contributed by atoms with Crippen molar-refractivity contribution in [2.24, 2.45) is 5.92 Å². The van der Waals surface area contributed by atoms with Gasteiger partial charge in [0.05, 0.1) is 18.2 Å². The molecular formula is C31H40N2O5. The summed E-state index contributed by atoms with van der Waals surface area (Å²) in [5.74, 6) is 0.275. The molecule has 1 heterocycles. The molecule has 3 rings (SSSR count). The van der Waals surface area contributed by atoms with E-state index in [2.05, 4.69) is 39.2 Å².